The fourth-order valence-electron chi connectivity index (χ4n) is 2.90. The lowest BCUT2D eigenvalue weighted by molar-refractivity contribution is -0.131. The Bertz CT molecular complexity index is 481. The summed E-state index contributed by atoms with van der Waals surface area (Å²) in [5.41, 5.74) is 0. The monoisotopic (exact) mass is 278 g/mol. The van der Waals surface area contributed by atoms with Crippen LogP contribution in [0.25, 0.3) is 0 Å². The summed E-state index contributed by atoms with van der Waals surface area (Å²) in [7, 11) is 0. The molecule has 1 aromatic rings. The quantitative estimate of drug-likeness (QED) is 0.914. The Balaban J connectivity index is 1.69. The molecule has 6 heteroatoms. The number of carbonyl (C=O) groups is 1. The molecule has 0 spiro atoms. The van der Waals surface area contributed by atoms with Gasteiger partial charge >= 0.3 is 0 Å². The van der Waals surface area contributed by atoms with Crippen LogP contribution in [-0.4, -0.2) is 33.4 Å². The third-order valence-corrected chi connectivity index (χ3v) is 4.11. The van der Waals surface area contributed by atoms with Crippen molar-refractivity contribution >= 4 is 11.9 Å². The lowest BCUT2D eigenvalue weighted by Crippen LogP contribution is -2.41. The zero-order valence-corrected chi connectivity index (χ0v) is 12.1. The molecule has 6 nitrogen and oxygen atoms in total. The van der Waals surface area contributed by atoms with Gasteiger partial charge in [0.2, 0.25) is 11.9 Å². The molecule has 1 saturated carbocycles. The van der Waals surface area contributed by atoms with Crippen LogP contribution in [0.5, 0.6) is 0 Å². The Hall–Kier alpha value is -1.43. The first-order valence-electron chi connectivity index (χ1n) is 7.49. The second-order valence-corrected chi connectivity index (χ2v) is 6.11. The number of ether oxygens (including phenoxy) is 1. The summed E-state index contributed by atoms with van der Waals surface area (Å²) in [6.45, 7) is 4.96. The number of nitrogens with zero attached hydrogens (tertiary/aromatic N) is 3. The standard InChI is InChI=1S/C14H22N4O2/c1-9(2)12-11(4-3-7-20-12)13(19)16-14-17-15-8-18(14)10-5-6-10/h8-12H,3-7H2,1-2H3,(H,16,17,19)/t11-,12+/m0/s1. The maximum Gasteiger partial charge on any atom is 0.232 e. The Kier molecular flexibility index (Phi) is 3.74. The number of hydrogen-bond acceptors (Lipinski definition) is 4. The Morgan fingerprint density at radius 2 is 2.25 bits per heavy atom. The number of rotatable bonds is 4. The van der Waals surface area contributed by atoms with Crippen LogP contribution in [-0.2, 0) is 9.53 Å². The molecule has 2 fully saturated rings. The molecule has 2 heterocycles. The van der Waals surface area contributed by atoms with E-state index in [1.807, 2.05) is 4.57 Å². The van der Waals surface area contributed by atoms with E-state index in [2.05, 4.69) is 29.4 Å². The van der Waals surface area contributed by atoms with Gasteiger partial charge in [-0.2, -0.15) is 0 Å². The molecule has 1 aliphatic carbocycles. The normalized spacial score (nSPS) is 26.8. The highest BCUT2D eigenvalue weighted by Gasteiger charge is 2.35. The van der Waals surface area contributed by atoms with E-state index in [1.165, 1.54) is 0 Å². The van der Waals surface area contributed by atoms with Crippen LogP contribution < -0.4 is 5.32 Å². The molecule has 20 heavy (non-hydrogen) atoms. The fourth-order valence-corrected chi connectivity index (χ4v) is 2.90. The van der Waals surface area contributed by atoms with Crippen molar-refractivity contribution in [2.75, 3.05) is 11.9 Å². The smallest absolute Gasteiger partial charge is 0.232 e. The maximum absolute atomic E-state index is 12.5. The van der Waals surface area contributed by atoms with Crippen LogP contribution in [0.4, 0.5) is 5.95 Å². The highest BCUT2D eigenvalue weighted by Crippen LogP contribution is 2.36. The van der Waals surface area contributed by atoms with E-state index in [-0.39, 0.29) is 17.9 Å². The summed E-state index contributed by atoms with van der Waals surface area (Å²) in [5.74, 6) is 0.837. The Morgan fingerprint density at radius 1 is 1.45 bits per heavy atom. The van der Waals surface area contributed by atoms with Crippen LogP contribution in [0.3, 0.4) is 0 Å². The second kappa shape index (κ2) is 5.52. The van der Waals surface area contributed by atoms with Gasteiger partial charge in [-0.15, -0.1) is 10.2 Å². The van der Waals surface area contributed by atoms with Gasteiger partial charge in [0.15, 0.2) is 0 Å². The lowest BCUT2D eigenvalue weighted by Gasteiger charge is -2.33. The van der Waals surface area contributed by atoms with E-state index in [0.29, 0.717) is 17.9 Å². The van der Waals surface area contributed by atoms with Crippen molar-refractivity contribution < 1.29 is 9.53 Å². The molecule has 0 bridgehead atoms. The van der Waals surface area contributed by atoms with Gasteiger partial charge in [-0.1, -0.05) is 13.8 Å². The minimum absolute atomic E-state index is 0.000969. The predicted molar refractivity (Wildman–Crippen MR) is 74.2 cm³/mol. The van der Waals surface area contributed by atoms with Gasteiger partial charge in [-0.05, 0) is 31.6 Å². The molecule has 1 aromatic heterocycles. The summed E-state index contributed by atoms with van der Waals surface area (Å²) < 4.78 is 7.74. The molecule has 3 rings (SSSR count). The fraction of sp³-hybridized carbons (Fsp3) is 0.786. The van der Waals surface area contributed by atoms with Crippen LogP contribution in [0.2, 0.25) is 0 Å². The summed E-state index contributed by atoms with van der Waals surface area (Å²) in [6, 6.07) is 0.462. The number of aromatic nitrogens is 3. The summed E-state index contributed by atoms with van der Waals surface area (Å²) in [5, 5.41) is 10.9. The molecule has 0 unspecified atom stereocenters. The topological polar surface area (TPSA) is 69.0 Å². The van der Waals surface area contributed by atoms with Gasteiger partial charge in [-0.3, -0.25) is 14.7 Å². The van der Waals surface area contributed by atoms with Crippen LogP contribution in [0, 0.1) is 11.8 Å². The average Bonchev–Trinajstić information content (AvgIpc) is 3.19. The van der Waals surface area contributed by atoms with Crippen LogP contribution in [0.15, 0.2) is 6.33 Å². The highest BCUT2D eigenvalue weighted by molar-refractivity contribution is 5.91. The summed E-state index contributed by atoms with van der Waals surface area (Å²) >= 11 is 0. The van der Waals surface area contributed by atoms with Crippen molar-refractivity contribution in [3.8, 4) is 0 Å². The second-order valence-electron chi connectivity index (χ2n) is 6.11. The third-order valence-electron chi connectivity index (χ3n) is 4.11. The molecule has 1 amide bonds. The van der Waals surface area contributed by atoms with Crippen molar-refractivity contribution in [1.82, 2.24) is 14.8 Å². The first-order valence-corrected chi connectivity index (χ1v) is 7.49. The average molecular weight is 278 g/mol. The lowest BCUT2D eigenvalue weighted by atomic mass is 9.87. The van der Waals surface area contributed by atoms with Gasteiger partial charge < -0.3 is 4.74 Å². The van der Waals surface area contributed by atoms with E-state index in [1.54, 1.807) is 6.33 Å². The largest absolute Gasteiger partial charge is 0.377 e. The first kappa shape index (κ1) is 13.5. The summed E-state index contributed by atoms with van der Waals surface area (Å²) in [6.07, 6.45) is 5.80. The molecule has 1 saturated heterocycles. The molecule has 110 valence electrons. The number of hydrogen-bond donors (Lipinski definition) is 1. The van der Waals surface area contributed by atoms with E-state index in [0.717, 1.165) is 32.3 Å². The number of nitrogens with one attached hydrogen (secondary N) is 1. The van der Waals surface area contributed by atoms with Crippen molar-refractivity contribution in [3.05, 3.63) is 6.33 Å². The molecular weight excluding hydrogens is 256 g/mol. The number of anilines is 1. The van der Waals surface area contributed by atoms with Crippen molar-refractivity contribution in [3.63, 3.8) is 0 Å². The minimum Gasteiger partial charge on any atom is -0.377 e. The molecule has 0 aromatic carbocycles. The SMILES string of the molecule is CC(C)[C@H]1OCCC[C@@H]1C(=O)Nc1nncn1C1CC1. The summed E-state index contributed by atoms with van der Waals surface area (Å²) in [4.78, 5) is 12.5. The zero-order valence-electron chi connectivity index (χ0n) is 12.1. The Morgan fingerprint density at radius 3 is 2.95 bits per heavy atom. The van der Waals surface area contributed by atoms with E-state index in [4.69, 9.17) is 4.74 Å². The van der Waals surface area contributed by atoms with Gasteiger partial charge in [-0.25, -0.2) is 0 Å². The third kappa shape index (κ3) is 2.70. The highest BCUT2D eigenvalue weighted by atomic mass is 16.5. The molecule has 2 aliphatic rings. The van der Waals surface area contributed by atoms with Crippen LogP contribution >= 0.6 is 0 Å². The first-order chi connectivity index (χ1) is 9.66. The zero-order chi connectivity index (χ0) is 14.1. The molecule has 1 N–H and O–H groups in total. The van der Waals surface area contributed by atoms with E-state index < -0.39 is 0 Å². The minimum atomic E-state index is -0.0897. The van der Waals surface area contributed by atoms with Gasteiger partial charge in [0.05, 0.1) is 12.0 Å². The van der Waals surface area contributed by atoms with Crippen molar-refractivity contribution in [1.29, 1.82) is 0 Å². The van der Waals surface area contributed by atoms with Crippen molar-refractivity contribution in [2.24, 2.45) is 11.8 Å². The maximum atomic E-state index is 12.5. The van der Waals surface area contributed by atoms with Gasteiger partial charge in [0.1, 0.15) is 6.33 Å². The van der Waals surface area contributed by atoms with Gasteiger partial charge in [0, 0.05) is 12.6 Å². The number of carbonyl (C=O) groups excluding carboxylic acids is 1. The molecule has 1 aliphatic heterocycles. The molecule has 0 radical (unpaired) electrons. The molecular formula is C14H22N4O2. The Labute approximate surface area is 118 Å². The van der Waals surface area contributed by atoms with E-state index >= 15 is 0 Å². The molecule has 2 atom stereocenters. The van der Waals surface area contributed by atoms with E-state index in [9.17, 15) is 4.79 Å². The predicted octanol–water partition coefficient (Wildman–Crippen LogP) is 2.00. The van der Waals surface area contributed by atoms with Crippen LogP contribution in [0.1, 0.15) is 45.6 Å². The van der Waals surface area contributed by atoms with Crippen molar-refractivity contribution in [2.45, 2.75) is 51.7 Å². The van der Waals surface area contributed by atoms with Gasteiger partial charge in [0.25, 0.3) is 0 Å². The number of amides is 1.